The Morgan fingerprint density at radius 2 is 1.50 bits per heavy atom. The molecule has 0 aliphatic carbocycles. The zero-order chi connectivity index (χ0) is 15.9. The molecule has 4 nitrogen and oxygen atoms in total. The minimum Gasteiger partial charge on any atom is -0.359 e. The van der Waals surface area contributed by atoms with E-state index >= 15 is 0 Å². The van der Waals surface area contributed by atoms with Crippen molar-refractivity contribution in [2.75, 3.05) is 4.90 Å². The van der Waals surface area contributed by atoms with Gasteiger partial charge in [-0.25, -0.2) is 4.90 Å². The summed E-state index contributed by atoms with van der Waals surface area (Å²) >= 11 is 0. The molecular weight excluding hydrogens is 278 g/mol. The van der Waals surface area contributed by atoms with Gasteiger partial charge in [-0.05, 0) is 51.0 Å². The molecule has 3 heterocycles. The first-order valence-electron chi connectivity index (χ1n) is 7.62. The Balaban J connectivity index is 1.81. The number of hydrogen-bond acceptors (Lipinski definition) is 3. The quantitative estimate of drug-likeness (QED) is 0.591. The van der Waals surface area contributed by atoms with Crippen molar-refractivity contribution in [3.05, 3.63) is 41.5 Å². The van der Waals surface area contributed by atoms with Crippen LogP contribution in [0.1, 0.15) is 25.0 Å². The molecule has 0 spiro atoms. The highest BCUT2D eigenvalue weighted by Crippen LogP contribution is 2.57. The standard InChI is InChI=1S/C18H19NO3/c1-10-5-6-12(9-11(10)2)19-15(20)13-14(16(19)21)18(4)8-7-17(13,3)22-18/h5-9,13-14H,1-4H3/t13-,14+,17+,18-. The fraction of sp³-hybridized carbons (Fsp3) is 0.444. The van der Waals surface area contributed by atoms with Crippen molar-refractivity contribution < 1.29 is 14.3 Å². The number of hydrogen-bond donors (Lipinski definition) is 0. The molecule has 0 N–H and O–H groups in total. The first-order chi connectivity index (χ1) is 10.3. The number of ether oxygens (including phenoxy) is 1. The Bertz CT molecular complexity index is 717. The molecule has 0 radical (unpaired) electrons. The Kier molecular flexibility index (Phi) is 2.41. The van der Waals surface area contributed by atoms with Crippen molar-refractivity contribution in [1.29, 1.82) is 0 Å². The van der Waals surface area contributed by atoms with Gasteiger partial charge in [0.15, 0.2) is 0 Å². The van der Waals surface area contributed by atoms with Crippen LogP contribution in [-0.4, -0.2) is 23.0 Å². The molecule has 2 bridgehead atoms. The van der Waals surface area contributed by atoms with Crippen molar-refractivity contribution in [1.82, 2.24) is 0 Å². The Morgan fingerprint density at radius 3 is 2.00 bits per heavy atom. The van der Waals surface area contributed by atoms with E-state index in [1.54, 1.807) is 0 Å². The zero-order valence-corrected chi connectivity index (χ0v) is 13.2. The highest BCUT2D eigenvalue weighted by molar-refractivity contribution is 6.23. The van der Waals surface area contributed by atoms with Gasteiger partial charge in [0.2, 0.25) is 11.8 Å². The lowest BCUT2D eigenvalue weighted by atomic mass is 9.73. The van der Waals surface area contributed by atoms with Gasteiger partial charge in [-0.15, -0.1) is 0 Å². The number of carbonyl (C=O) groups excluding carboxylic acids is 2. The molecule has 114 valence electrons. The van der Waals surface area contributed by atoms with E-state index in [1.165, 1.54) is 4.90 Å². The number of imide groups is 1. The number of fused-ring (bicyclic) bond motifs is 5. The van der Waals surface area contributed by atoms with Crippen molar-refractivity contribution in [2.24, 2.45) is 11.8 Å². The van der Waals surface area contributed by atoms with Crippen LogP contribution < -0.4 is 4.90 Å². The predicted molar refractivity (Wildman–Crippen MR) is 82.4 cm³/mol. The third-order valence-electron chi connectivity index (χ3n) is 5.47. The van der Waals surface area contributed by atoms with E-state index < -0.39 is 23.0 Å². The van der Waals surface area contributed by atoms with Gasteiger partial charge in [0.1, 0.15) is 0 Å². The van der Waals surface area contributed by atoms with Crippen LogP contribution >= 0.6 is 0 Å². The van der Waals surface area contributed by atoms with Crippen LogP contribution in [0.2, 0.25) is 0 Å². The van der Waals surface area contributed by atoms with Crippen molar-refractivity contribution in [2.45, 2.75) is 38.9 Å². The summed E-state index contributed by atoms with van der Waals surface area (Å²) in [5.74, 6) is -1.13. The number of aryl methyl sites for hydroxylation is 2. The van der Waals surface area contributed by atoms with Gasteiger partial charge in [-0.2, -0.15) is 0 Å². The lowest BCUT2D eigenvalue weighted by Crippen LogP contribution is -2.39. The van der Waals surface area contributed by atoms with E-state index in [2.05, 4.69) is 0 Å². The van der Waals surface area contributed by atoms with Gasteiger partial charge in [0, 0.05) is 0 Å². The predicted octanol–water partition coefficient (Wildman–Crippen LogP) is 2.53. The summed E-state index contributed by atoms with van der Waals surface area (Å²) in [6.45, 7) is 7.80. The van der Waals surface area contributed by atoms with Gasteiger partial charge in [0.25, 0.3) is 0 Å². The lowest BCUT2D eigenvalue weighted by molar-refractivity contribution is -0.128. The average Bonchev–Trinajstić information content (AvgIpc) is 2.99. The lowest BCUT2D eigenvalue weighted by Gasteiger charge is -2.25. The molecule has 22 heavy (non-hydrogen) atoms. The summed E-state index contributed by atoms with van der Waals surface area (Å²) in [5, 5.41) is 0. The van der Waals surface area contributed by atoms with Crippen LogP contribution in [0, 0.1) is 25.7 Å². The largest absolute Gasteiger partial charge is 0.359 e. The second kappa shape index (κ2) is 3.87. The SMILES string of the molecule is Cc1ccc(N2C(=O)[C@@H]3[C@H](C2=O)[C@]2(C)C=C[C@@]3(C)O2)cc1C. The average molecular weight is 297 g/mol. The number of rotatable bonds is 1. The molecule has 0 unspecified atom stereocenters. The maximum Gasteiger partial charge on any atom is 0.241 e. The molecule has 4 atom stereocenters. The maximum atomic E-state index is 12.9. The van der Waals surface area contributed by atoms with Crippen LogP contribution in [0.3, 0.4) is 0 Å². The van der Waals surface area contributed by atoms with Gasteiger partial charge >= 0.3 is 0 Å². The molecule has 2 saturated heterocycles. The van der Waals surface area contributed by atoms with E-state index in [0.29, 0.717) is 5.69 Å². The van der Waals surface area contributed by atoms with Crippen LogP contribution in [0.4, 0.5) is 5.69 Å². The normalized spacial score (nSPS) is 39.0. The Hall–Kier alpha value is -1.94. The van der Waals surface area contributed by atoms with E-state index in [1.807, 2.05) is 58.0 Å². The first-order valence-corrected chi connectivity index (χ1v) is 7.62. The van der Waals surface area contributed by atoms with Crippen molar-refractivity contribution in [3.8, 4) is 0 Å². The number of anilines is 1. The smallest absolute Gasteiger partial charge is 0.241 e. The van der Waals surface area contributed by atoms with Crippen LogP contribution in [0.25, 0.3) is 0 Å². The minimum absolute atomic E-state index is 0.145. The summed E-state index contributed by atoms with van der Waals surface area (Å²) in [6, 6.07) is 5.71. The minimum atomic E-state index is -0.666. The summed E-state index contributed by atoms with van der Waals surface area (Å²) in [4.78, 5) is 27.2. The van der Waals surface area contributed by atoms with Crippen molar-refractivity contribution >= 4 is 17.5 Å². The highest BCUT2D eigenvalue weighted by atomic mass is 16.5. The van der Waals surface area contributed by atoms with E-state index in [4.69, 9.17) is 4.74 Å². The van der Waals surface area contributed by atoms with Gasteiger partial charge < -0.3 is 4.74 Å². The van der Waals surface area contributed by atoms with Gasteiger partial charge in [0.05, 0.1) is 28.7 Å². The first kappa shape index (κ1) is 13.7. The third-order valence-corrected chi connectivity index (χ3v) is 5.47. The molecule has 1 aromatic rings. The molecule has 4 rings (SSSR count). The number of amides is 2. The van der Waals surface area contributed by atoms with Gasteiger partial charge in [-0.1, -0.05) is 18.2 Å². The fourth-order valence-electron chi connectivity index (χ4n) is 4.15. The number of benzene rings is 1. The molecule has 0 saturated carbocycles. The van der Waals surface area contributed by atoms with Crippen LogP contribution in [0.5, 0.6) is 0 Å². The Morgan fingerprint density at radius 1 is 0.955 bits per heavy atom. The molecule has 0 aromatic heterocycles. The maximum absolute atomic E-state index is 12.9. The molecule has 2 fully saturated rings. The molecular formula is C18H19NO3. The molecule has 2 amide bonds. The molecule has 1 aromatic carbocycles. The highest BCUT2D eigenvalue weighted by Gasteiger charge is 2.70. The summed E-state index contributed by atoms with van der Waals surface area (Å²) in [7, 11) is 0. The molecule has 3 aliphatic rings. The fourth-order valence-corrected chi connectivity index (χ4v) is 4.15. The van der Waals surface area contributed by atoms with E-state index in [9.17, 15) is 9.59 Å². The summed E-state index contributed by atoms with van der Waals surface area (Å²) in [6.07, 6.45) is 3.87. The van der Waals surface area contributed by atoms with Crippen molar-refractivity contribution in [3.63, 3.8) is 0 Å². The number of nitrogens with zero attached hydrogens (tertiary/aromatic N) is 1. The topological polar surface area (TPSA) is 46.6 Å². The van der Waals surface area contributed by atoms with E-state index in [0.717, 1.165) is 11.1 Å². The second-order valence-corrected chi connectivity index (χ2v) is 7.04. The third kappa shape index (κ3) is 1.46. The monoisotopic (exact) mass is 297 g/mol. The van der Waals surface area contributed by atoms with Crippen LogP contribution in [-0.2, 0) is 14.3 Å². The zero-order valence-electron chi connectivity index (χ0n) is 13.2. The van der Waals surface area contributed by atoms with E-state index in [-0.39, 0.29) is 11.8 Å². The molecule has 4 heteroatoms. The number of carbonyl (C=O) groups is 2. The second-order valence-electron chi connectivity index (χ2n) is 7.04. The van der Waals surface area contributed by atoms with Gasteiger partial charge in [-0.3, -0.25) is 9.59 Å². The summed E-state index contributed by atoms with van der Waals surface area (Å²) < 4.78 is 6.00. The van der Waals surface area contributed by atoms with Crippen LogP contribution in [0.15, 0.2) is 30.4 Å². The Labute approximate surface area is 129 Å². The molecule has 3 aliphatic heterocycles. The summed E-state index contributed by atoms with van der Waals surface area (Å²) in [5.41, 5.74) is 1.55.